The Morgan fingerprint density at radius 2 is 1.65 bits per heavy atom. The monoisotopic (exact) mass is 290 g/mol. The second-order valence-corrected chi connectivity index (χ2v) is 5.03. The quantitative estimate of drug-likeness (QED) is 0.527. The largest absolute Gasteiger partial charge is 0.396 e. The van der Waals surface area contributed by atoms with Gasteiger partial charge in [-0.15, -0.1) is 0 Å². The third-order valence-electron chi connectivity index (χ3n) is 3.19. The maximum Gasteiger partial charge on any atom is 0.157 e. The van der Waals surface area contributed by atoms with Gasteiger partial charge in [-0.3, -0.25) is 0 Å². The molecule has 5 nitrogen and oxygen atoms in total. The zero-order valence-electron chi connectivity index (χ0n) is 12.6. The highest BCUT2D eigenvalue weighted by Gasteiger charge is 2.13. The van der Waals surface area contributed by atoms with E-state index in [1.807, 2.05) is 0 Å². The SMILES string of the molecule is OCCCCCOCCOCCCO[C@H]1CCCCO1. The molecule has 0 aromatic heterocycles. The van der Waals surface area contributed by atoms with E-state index in [4.69, 9.17) is 24.1 Å². The van der Waals surface area contributed by atoms with Crippen molar-refractivity contribution in [3.63, 3.8) is 0 Å². The molecule has 0 amide bonds. The summed E-state index contributed by atoms with van der Waals surface area (Å²) >= 11 is 0. The maximum absolute atomic E-state index is 8.61. The molecular weight excluding hydrogens is 260 g/mol. The fourth-order valence-electron chi connectivity index (χ4n) is 2.03. The summed E-state index contributed by atoms with van der Waals surface area (Å²) in [5.41, 5.74) is 0. The second kappa shape index (κ2) is 13.8. The lowest BCUT2D eigenvalue weighted by molar-refractivity contribution is -0.164. The Balaban J connectivity index is 1.70. The first-order valence-electron chi connectivity index (χ1n) is 7.93. The van der Waals surface area contributed by atoms with E-state index < -0.39 is 0 Å². The van der Waals surface area contributed by atoms with Gasteiger partial charge in [0.2, 0.25) is 0 Å². The van der Waals surface area contributed by atoms with Gasteiger partial charge in [0.05, 0.1) is 19.8 Å². The molecule has 0 aromatic carbocycles. The van der Waals surface area contributed by atoms with Gasteiger partial charge in [-0.25, -0.2) is 0 Å². The molecule has 0 spiro atoms. The minimum Gasteiger partial charge on any atom is -0.396 e. The summed E-state index contributed by atoms with van der Waals surface area (Å²) in [6, 6.07) is 0. The molecule has 0 aliphatic carbocycles. The van der Waals surface area contributed by atoms with Crippen LogP contribution in [0.15, 0.2) is 0 Å². The highest BCUT2D eigenvalue weighted by atomic mass is 16.7. The minimum absolute atomic E-state index is 0.00556. The van der Waals surface area contributed by atoms with E-state index >= 15 is 0 Å². The van der Waals surface area contributed by atoms with Gasteiger partial charge in [-0.05, 0) is 44.9 Å². The first kappa shape index (κ1) is 17.9. The van der Waals surface area contributed by atoms with Gasteiger partial charge in [0, 0.05) is 26.4 Å². The molecule has 0 unspecified atom stereocenters. The van der Waals surface area contributed by atoms with Crippen LogP contribution in [0, 0.1) is 0 Å². The fourth-order valence-corrected chi connectivity index (χ4v) is 2.03. The van der Waals surface area contributed by atoms with Crippen molar-refractivity contribution in [2.24, 2.45) is 0 Å². The Morgan fingerprint density at radius 3 is 2.35 bits per heavy atom. The molecule has 0 saturated carbocycles. The van der Waals surface area contributed by atoms with Crippen molar-refractivity contribution in [2.75, 3.05) is 46.2 Å². The van der Waals surface area contributed by atoms with Gasteiger partial charge in [-0.2, -0.15) is 0 Å². The summed E-state index contributed by atoms with van der Waals surface area (Å²) in [5.74, 6) is 0. The molecule has 1 N–H and O–H groups in total. The Labute approximate surface area is 122 Å². The summed E-state index contributed by atoms with van der Waals surface area (Å²) in [6.07, 6.45) is 7.19. The van der Waals surface area contributed by atoms with Crippen LogP contribution in [0.2, 0.25) is 0 Å². The summed E-state index contributed by atoms with van der Waals surface area (Å²) in [5, 5.41) is 8.61. The second-order valence-electron chi connectivity index (χ2n) is 5.03. The zero-order chi connectivity index (χ0) is 14.3. The molecule has 120 valence electrons. The van der Waals surface area contributed by atoms with E-state index in [1.165, 1.54) is 6.42 Å². The van der Waals surface area contributed by atoms with Crippen molar-refractivity contribution in [1.82, 2.24) is 0 Å². The Morgan fingerprint density at radius 1 is 0.850 bits per heavy atom. The molecule has 20 heavy (non-hydrogen) atoms. The number of rotatable bonds is 13. The van der Waals surface area contributed by atoms with Crippen LogP contribution in [0.4, 0.5) is 0 Å². The Hall–Kier alpha value is -0.200. The maximum atomic E-state index is 8.61. The predicted molar refractivity (Wildman–Crippen MR) is 76.7 cm³/mol. The topological polar surface area (TPSA) is 57.2 Å². The number of aliphatic hydroxyl groups excluding tert-OH is 1. The van der Waals surface area contributed by atoms with E-state index in [1.54, 1.807) is 0 Å². The van der Waals surface area contributed by atoms with Crippen LogP contribution in [0.3, 0.4) is 0 Å². The molecule has 1 aliphatic heterocycles. The molecule has 1 saturated heterocycles. The molecule has 0 aromatic rings. The van der Waals surface area contributed by atoms with Crippen LogP contribution < -0.4 is 0 Å². The van der Waals surface area contributed by atoms with Crippen LogP contribution in [-0.4, -0.2) is 57.6 Å². The van der Waals surface area contributed by atoms with Gasteiger partial charge in [0.25, 0.3) is 0 Å². The lowest BCUT2D eigenvalue weighted by atomic mass is 10.2. The molecule has 0 bridgehead atoms. The number of ether oxygens (including phenoxy) is 4. The van der Waals surface area contributed by atoms with E-state index in [-0.39, 0.29) is 12.9 Å². The third kappa shape index (κ3) is 10.6. The van der Waals surface area contributed by atoms with Crippen molar-refractivity contribution in [3.05, 3.63) is 0 Å². The van der Waals surface area contributed by atoms with E-state index in [2.05, 4.69) is 0 Å². The lowest BCUT2D eigenvalue weighted by Gasteiger charge is -2.22. The van der Waals surface area contributed by atoms with E-state index in [0.29, 0.717) is 26.4 Å². The van der Waals surface area contributed by atoms with Crippen molar-refractivity contribution >= 4 is 0 Å². The average Bonchev–Trinajstić information content (AvgIpc) is 2.49. The van der Waals surface area contributed by atoms with Crippen molar-refractivity contribution in [2.45, 2.75) is 51.2 Å². The van der Waals surface area contributed by atoms with Gasteiger partial charge >= 0.3 is 0 Å². The molecule has 0 radical (unpaired) electrons. The van der Waals surface area contributed by atoms with E-state index in [0.717, 1.165) is 51.7 Å². The van der Waals surface area contributed by atoms with Crippen LogP contribution in [0.25, 0.3) is 0 Å². The normalized spacial score (nSPS) is 19.4. The lowest BCUT2D eigenvalue weighted by Crippen LogP contribution is -2.23. The van der Waals surface area contributed by atoms with Crippen molar-refractivity contribution < 1.29 is 24.1 Å². The van der Waals surface area contributed by atoms with Crippen LogP contribution in [-0.2, 0) is 18.9 Å². The minimum atomic E-state index is 0.00556. The molecule has 1 fully saturated rings. The zero-order valence-corrected chi connectivity index (χ0v) is 12.6. The van der Waals surface area contributed by atoms with Gasteiger partial charge in [0.15, 0.2) is 6.29 Å². The van der Waals surface area contributed by atoms with Gasteiger partial charge in [0.1, 0.15) is 0 Å². The molecule has 1 heterocycles. The standard InChI is InChI=1S/C15H30O5/c16-8-3-1-4-9-17-13-14-18-10-6-12-20-15-7-2-5-11-19-15/h15-16H,1-14H2/t15-/m0/s1. The fraction of sp³-hybridized carbons (Fsp3) is 1.00. The van der Waals surface area contributed by atoms with Crippen LogP contribution in [0.5, 0.6) is 0 Å². The summed E-state index contributed by atoms with van der Waals surface area (Å²) in [7, 11) is 0. The molecule has 5 heteroatoms. The third-order valence-corrected chi connectivity index (χ3v) is 3.19. The smallest absolute Gasteiger partial charge is 0.157 e. The number of unbranched alkanes of at least 4 members (excludes halogenated alkanes) is 2. The first-order valence-corrected chi connectivity index (χ1v) is 7.93. The number of aliphatic hydroxyl groups is 1. The van der Waals surface area contributed by atoms with Crippen molar-refractivity contribution in [1.29, 1.82) is 0 Å². The molecule has 1 rings (SSSR count). The summed E-state index contributed by atoms with van der Waals surface area (Å²) in [4.78, 5) is 0. The predicted octanol–water partition coefficient (Wildman–Crippen LogP) is 2.12. The van der Waals surface area contributed by atoms with Crippen LogP contribution in [0.1, 0.15) is 44.9 Å². The Kier molecular flexibility index (Phi) is 12.3. The van der Waals surface area contributed by atoms with Gasteiger partial charge < -0.3 is 24.1 Å². The number of hydrogen-bond acceptors (Lipinski definition) is 5. The van der Waals surface area contributed by atoms with E-state index in [9.17, 15) is 0 Å². The summed E-state index contributed by atoms with van der Waals surface area (Å²) in [6.45, 7) is 4.55. The highest BCUT2D eigenvalue weighted by Crippen LogP contribution is 2.13. The average molecular weight is 290 g/mol. The molecular formula is C15H30O5. The summed E-state index contributed by atoms with van der Waals surface area (Å²) < 4.78 is 22.0. The first-order chi connectivity index (χ1) is 9.93. The van der Waals surface area contributed by atoms with Crippen molar-refractivity contribution in [3.8, 4) is 0 Å². The number of hydrogen-bond donors (Lipinski definition) is 1. The molecule has 1 aliphatic rings. The van der Waals surface area contributed by atoms with Crippen LogP contribution >= 0.6 is 0 Å². The van der Waals surface area contributed by atoms with Gasteiger partial charge in [-0.1, -0.05) is 0 Å². The molecule has 1 atom stereocenters. The highest BCUT2D eigenvalue weighted by molar-refractivity contribution is 4.53. The Bertz CT molecular complexity index is 195.